The van der Waals surface area contributed by atoms with Crippen molar-refractivity contribution >= 4 is 35.2 Å². The number of aromatic amines is 1. The second-order valence-electron chi connectivity index (χ2n) is 9.85. The van der Waals surface area contributed by atoms with Crippen LogP contribution in [-0.2, 0) is 30.6 Å². The summed E-state index contributed by atoms with van der Waals surface area (Å²) in [4.78, 5) is 38.1. The van der Waals surface area contributed by atoms with Gasteiger partial charge in [-0.3, -0.25) is 19.1 Å². The number of halogens is 3. The van der Waals surface area contributed by atoms with Crippen LogP contribution in [0, 0.1) is 0 Å². The van der Waals surface area contributed by atoms with Gasteiger partial charge in [0.2, 0.25) is 0 Å². The number of benzene rings is 2. The van der Waals surface area contributed by atoms with Gasteiger partial charge in [-0.05, 0) is 44.0 Å². The van der Waals surface area contributed by atoms with E-state index in [1.165, 1.54) is 6.92 Å². The molecule has 0 aliphatic carbocycles. The van der Waals surface area contributed by atoms with E-state index in [0.29, 0.717) is 9.95 Å². The molecular formula is C26H29F3N3O8PS. The molecule has 0 radical (unpaired) electrons. The summed E-state index contributed by atoms with van der Waals surface area (Å²) in [5, 5.41) is 14.7. The van der Waals surface area contributed by atoms with E-state index in [9.17, 15) is 28.3 Å². The van der Waals surface area contributed by atoms with Crippen molar-refractivity contribution < 1.29 is 41.6 Å². The van der Waals surface area contributed by atoms with Gasteiger partial charge in [-0.15, -0.1) is 0 Å². The van der Waals surface area contributed by atoms with Crippen molar-refractivity contribution in [2.75, 3.05) is 6.61 Å². The Morgan fingerprint density at radius 3 is 2.55 bits per heavy atom. The van der Waals surface area contributed by atoms with E-state index in [-0.39, 0.29) is 5.75 Å². The Bertz CT molecular complexity index is 1600. The molecule has 1 saturated heterocycles. The maximum absolute atomic E-state index is 15.2. The summed E-state index contributed by atoms with van der Waals surface area (Å²) in [5.41, 5.74) is -4.97. The Labute approximate surface area is 242 Å². The lowest BCUT2D eigenvalue weighted by molar-refractivity contribution is -0.192. The van der Waals surface area contributed by atoms with E-state index in [1.54, 1.807) is 56.3 Å². The lowest BCUT2D eigenvalue weighted by Crippen LogP contribution is -2.52. The molecular weight excluding hydrogens is 602 g/mol. The number of ether oxygens (including phenoxy) is 2. The minimum Gasteiger partial charge on any atom is -0.462 e. The first-order chi connectivity index (χ1) is 19.8. The average molecular weight is 632 g/mol. The number of hydrogen-bond acceptors (Lipinski definition) is 9. The molecule has 16 heteroatoms. The summed E-state index contributed by atoms with van der Waals surface area (Å²) in [7, 11) is 0. The Morgan fingerprint density at radius 1 is 1.19 bits per heavy atom. The van der Waals surface area contributed by atoms with Gasteiger partial charge in [0.05, 0.1) is 12.7 Å². The first-order valence-electron chi connectivity index (χ1n) is 12.8. The summed E-state index contributed by atoms with van der Waals surface area (Å²) < 4.78 is 67.2. The average Bonchev–Trinajstić information content (AvgIpc) is 3.18. The van der Waals surface area contributed by atoms with E-state index < -0.39 is 73.1 Å². The third-order valence-electron chi connectivity index (χ3n) is 6.39. The van der Waals surface area contributed by atoms with Crippen LogP contribution in [-0.4, -0.2) is 63.7 Å². The van der Waals surface area contributed by atoms with Gasteiger partial charge >= 0.3 is 18.3 Å². The van der Waals surface area contributed by atoms with Crippen LogP contribution in [0.2, 0.25) is 0 Å². The number of aliphatic hydroxyl groups excluding tert-OH is 1. The Kier molecular flexibility index (Phi) is 9.60. The molecule has 11 nitrogen and oxygen atoms in total. The molecule has 6 atom stereocenters. The van der Waals surface area contributed by atoms with Crippen molar-refractivity contribution in [2.45, 2.75) is 63.4 Å². The van der Waals surface area contributed by atoms with Crippen LogP contribution in [0.4, 0.5) is 13.2 Å². The highest BCUT2D eigenvalue weighted by molar-refractivity contribution is 8.09. The second kappa shape index (κ2) is 12.7. The fourth-order valence-corrected chi connectivity index (χ4v) is 6.71. The van der Waals surface area contributed by atoms with E-state index >= 15 is 4.39 Å². The molecule has 1 aliphatic rings. The lowest BCUT2D eigenvalue weighted by Gasteiger charge is -2.34. The van der Waals surface area contributed by atoms with Crippen LogP contribution < -0.4 is 20.9 Å². The lowest BCUT2D eigenvalue weighted by atomic mass is 9.97. The van der Waals surface area contributed by atoms with E-state index in [0.717, 1.165) is 17.6 Å². The zero-order valence-corrected chi connectivity index (χ0v) is 24.3. The van der Waals surface area contributed by atoms with Crippen molar-refractivity contribution in [3.8, 4) is 5.75 Å². The van der Waals surface area contributed by atoms with Crippen LogP contribution in [0.15, 0.2) is 64.3 Å². The molecule has 1 aromatic heterocycles. The number of aromatic nitrogens is 2. The summed E-state index contributed by atoms with van der Waals surface area (Å²) in [6.07, 6.45) is -10.2. The standard InChI is InChI=1S/C26H29F3N3O8PS/c1-14(2)38-23(35)15(3)31-41(42,40-18-10-6-8-16-7-4-5-9-17(16)18)37-13-26(24(28)29)21(34)20(27)22(39-26)32-12-11-19(33)30-25(32)36/h4-12,14-15,20-22,24,34H,13H2,1-3H3,(H,31,42)(H,30,33,36). The quantitative estimate of drug-likeness (QED) is 0.214. The van der Waals surface area contributed by atoms with Gasteiger partial charge in [-0.1, -0.05) is 36.4 Å². The van der Waals surface area contributed by atoms with Gasteiger partial charge < -0.3 is 23.6 Å². The van der Waals surface area contributed by atoms with E-state index in [1.807, 2.05) is 4.98 Å². The number of hydrogen-bond donors (Lipinski definition) is 3. The topological polar surface area (TPSA) is 141 Å². The number of aliphatic hydroxyl groups is 1. The minimum absolute atomic E-state index is 0.202. The summed E-state index contributed by atoms with van der Waals surface area (Å²) in [6, 6.07) is 11.8. The van der Waals surface area contributed by atoms with E-state index in [4.69, 9.17) is 30.3 Å². The monoisotopic (exact) mass is 631 g/mol. The number of esters is 1. The smallest absolute Gasteiger partial charge is 0.330 e. The SMILES string of the molecule is CC(C)OC(=O)C(C)NP(=S)(OCC1(C(F)F)OC(n2ccc(=O)[nH]c2=O)C(F)C1O)Oc1cccc2ccccc12. The first-order valence-corrected chi connectivity index (χ1v) is 15.4. The second-order valence-corrected chi connectivity index (χ2v) is 13.0. The summed E-state index contributed by atoms with van der Waals surface area (Å²) in [6.45, 7) is -0.507. The van der Waals surface area contributed by atoms with Crippen molar-refractivity contribution in [3.05, 3.63) is 75.6 Å². The predicted octanol–water partition coefficient (Wildman–Crippen LogP) is 3.17. The zero-order valence-electron chi connectivity index (χ0n) is 22.6. The maximum atomic E-state index is 15.2. The third kappa shape index (κ3) is 6.61. The van der Waals surface area contributed by atoms with Crippen LogP contribution in [0.25, 0.3) is 10.8 Å². The molecule has 6 unspecified atom stereocenters. The fraction of sp³-hybridized carbons (Fsp3) is 0.423. The number of carbonyl (C=O) groups excluding carboxylic acids is 1. The number of nitrogens with zero attached hydrogens (tertiary/aromatic N) is 1. The van der Waals surface area contributed by atoms with Gasteiger partial charge in [0.25, 0.3) is 12.0 Å². The maximum Gasteiger partial charge on any atom is 0.330 e. The largest absolute Gasteiger partial charge is 0.462 e. The Morgan fingerprint density at radius 2 is 1.88 bits per heavy atom. The number of carbonyl (C=O) groups is 1. The van der Waals surface area contributed by atoms with Crippen molar-refractivity contribution in [1.29, 1.82) is 0 Å². The van der Waals surface area contributed by atoms with Crippen molar-refractivity contribution in [1.82, 2.24) is 14.6 Å². The molecule has 3 aromatic rings. The molecule has 42 heavy (non-hydrogen) atoms. The van der Waals surface area contributed by atoms with Gasteiger partial charge in [-0.25, -0.2) is 23.1 Å². The van der Waals surface area contributed by atoms with Gasteiger partial charge in [0.15, 0.2) is 18.0 Å². The molecule has 0 spiro atoms. The predicted molar refractivity (Wildman–Crippen MR) is 150 cm³/mol. The molecule has 0 amide bonds. The number of fused-ring (bicyclic) bond motifs is 1. The highest BCUT2D eigenvalue weighted by atomic mass is 32.5. The van der Waals surface area contributed by atoms with Crippen LogP contribution in [0.3, 0.4) is 0 Å². The first kappa shape index (κ1) is 31.9. The number of H-pyrrole nitrogens is 1. The highest BCUT2D eigenvalue weighted by Crippen LogP contribution is 2.50. The Balaban J connectivity index is 1.68. The van der Waals surface area contributed by atoms with Crippen LogP contribution >= 0.6 is 6.64 Å². The third-order valence-corrected chi connectivity index (χ3v) is 8.86. The number of alkyl halides is 3. The number of rotatable bonds is 11. The summed E-state index contributed by atoms with van der Waals surface area (Å²) in [5.74, 6) is -0.528. The van der Waals surface area contributed by atoms with Gasteiger partial charge in [-0.2, -0.15) is 0 Å². The van der Waals surface area contributed by atoms with Gasteiger partial charge in [0, 0.05) is 17.6 Å². The molecule has 228 valence electrons. The van der Waals surface area contributed by atoms with Crippen LogP contribution in [0.5, 0.6) is 5.75 Å². The molecule has 4 rings (SSSR count). The molecule has 3 N–H and O–H groups in total. The highest BCUT2D eigenvalue weighted by Gasteiger charge is 2.62. The van der Waals surface area contributed by atoms with E-state index in [2.05, 4.69) is 5.09 Å². The summed E-state index contributed by atoms with van der Waals surface area (Å²) >= 11 is 5.63. The van der Waals surface area contributed by atoms with Crippen molar-refractivity contribution in [3.63, 3.8) is 0 Å². The fourth-order valence-electron chi connectivity index (χ4n) is 4.29. The minimum atomic E-state index is -3.97. The molecule has 1 aliphatic heterocycles. The molecule has 0 saturated carbocycles. The van der Waals surface area contributed by atoms with Crippen LogP contribution in [0.1, 0.15) is 27.0 Å². The Hall–Kier alpha value is -3.07. The van der Waals surface area contributed by atoms with Crippen molar-refractivity contribution in [2.24, 2.45) is 0 Å². The molecule has 0 bridgehead atoms. The number of nitrogens with one attached hydrogen (secondary N) is 2. The van der Waals surface area contributed by atoms with Gasteiger partial charge in [0.1, 0.15) is 17.9 Å². The normalized spacial score (nSPS) is 24.5. The molecule has 1 fully saturated rings. The molecule has 2 aromatic carbocycles. The molecule has 2 heterocycles. The zero-order chi connectivity index (χ0) is 30.8.